The molecule has 0 spiro atoms. The van der Waals surface area contributed by atoms with Gasteiger partial charge in [0.15, 0.2) is 5.96 Å². The molecule has 2 N–H and O–H groups in total. The van der Waals surface area contributed by atoms with Gasteiger partial charge in [0, 0.05) is 37.6 Å². The van der Waals surface area contributed by atoms with Crippen LogP contribution in [0.25, 0.3) is 0 Å². The molecule has 0 aliphatic carbocycles. The number of thiazole rings is 1. The lowest BCUT2D eigenvalue weighted by Crippen LogP contribution is -2.38. The van der Waals surface area contributed by atoms with Gasteiger partial charge in [0.1, 0.15) is 0 Å². The fourth-order valence-electron chi connectivity index (χ4n) is 1.41. The highest BCUT2D eigenvalue weighted by Crippen LogP contribution is 2.10. The number of rotatable bonds is 6. The van der Waals surface area contributed by atoms with Gasteiger partial charge < -0.3 is 10.6 Å². The SMILES string of the molecule is CCCCNC(=NC)NCCc1ncc(C)s1.I. The molecular formula is C12H23IN4S. The third kappa shape index (κ3) is 7.15. The van der Waals surface area contributed by atoms with Crippen molar-refractivity contribution in [3.63, 3.8) is 0 Å². The van der Waals surface area contributed by atoms with E-state index in [9.17, 15) is 0 Å². The molecule has 0 atom stereocenters. The smallest absolute Gasteiger partial charge is 0.190 e. The molecule has 0 saturated carbocycles. The van der Waals surface area contributed by atoms with Crippen molar-refractivity contribution in [1.29, 1.82) is 0 Å². The van der Waals surface area contributed by atoms with E-state index in [4.69, 9.17) is 0 Å². The average Bonchev–Trinajstić information content (AvgIpc) is 2.73. The van der Waals surface area contributed by atoms with Crippen LogP contribution in [0.15, 0.2) is 11.2 Å². The zero-order valence-electron chi connectivity index (χ0n) is 11.3. The topological polar surface area (TPSA) is 49.3 Å². The van der Waals surface area contributed by atoms with Crippen LogP contribution < -0.4 is 10.6 Å². The predicted octanol–water partition coefficient (Wildman–Crippen LogP) is 2.58. The number of halogens is 1. The Hall–Kier alpha value is -0.370. The highest BCUT2D eigenvalue weighted by molar-refractivity contribution is 14.0. The van der Waals surface area contributed by atoms with Gasteiger partial charge >= 0.3 is 0 Å². The minimum absolute atomic E-state index is 0. The first-order valence-corrected chi connectivity index (χ1v) is 6.93. The summed E-state index contributed by atoms with van der Waals surface area (Å²) in [4.78, 5) is 9.77. The third-order valence-corrected chi connectivity index (χ3v) is 3.32. The van der Waals surface area contributed by atoms with E-state index in [1.54, 1.807) is 18.4 Å². The number of nitrogens with zero attached hydrogens (tertiary/aromatic N) is 2. The summed E-state index contributed by atoms with van der Waals surface area (Å²) >= 11 is 1.76. The fraction of sp³-hybridized carbons (Fsp3) is 0.667. The number of unbranched alkanes of at least 4 members (excludes halogenated alkanes) is 1. The third-order valence-electron chi connectivity index (χ3n) is 2.35. The van der Waals surface area contributed by atoms with Crippen LogP contribution >= 0.6 is 35.3 Å². The molecule has 6 heteroatoms. The maximum atomic E-state index is 4.33. The van der Waals surface area contributed by atoms with Crippen molar-refractivity contribution in [2.45, 2.75) is 33.1 Å². The standard InChI is InChI=1S/C12H22N4S.HI/c1-4-5-7-14-12(13-3)15-8-6-11-16-9-10(2)17-11;/h9H,4-8H2,1-3H3,(H2,13,14,15);1H. The Morgan fingerprint density at radius 1 is 1.39 bits per heavy atom. The second kappa shape index (κ2) is 10.5. The van der Waals surface area contributed by atoms with Crippen LogP contribution in [0.2, 0.25) is 0 Å². The van der Waals surface area contributed by atoms with Gasteiger partial charge in [-0.15, -0.1) is 35.3 Å². The molecule has 0 aliphatic heterocycles. The number of nitrogens with one attached hydrogen (secondary N) is 2. The van der Waals surface area contributed by atoms with Crippen molar-refractivity contribution >= 4 is 41.3 Å². The van der Waals surface area contributed by atoms with Gasteiger partial charge in [0.2, 0.25) is 0 Å². The average molecular weight is 382 g/mol. The zero-order valence-corrected chi connectivity index (χ0v) is 14.5. The molecule has 4 nitrogen and oxygen atoms in total. The van der Waals surface area contributed by atoms with Crippen LogP contribution in [0.1, 0.15) is 29.7 Å². The minimum Gasteiger partial charge on any atom is -0.356 e. The normalized spacial score (nSPS) is 10.9. The number of aliphatic imine (C=N–C) groups is 1. The highest BCUT2D eigenvalue weighted by Gasteiger charge is 2.00. The number of aromatic nitrogens is 1. The predicted molar refractivity (Wildman–Crippen MR) is 90.2 cm³/mol. The maximum absolute atomic E-state index is 4.33. The summed E-state index contributed by atoms with van der Waals surface area (Å²) < 4.78 is 0. The molecule has 0 aliphatic rings. The molecule has 0 saturated heterocycles. The summed E-state index contributed by atoms with van der Waals surface area (Å²) in [5.74, 6) is 0.881. The van der Waals surface area contributed by atoms with Crippen molar-refractivity contribution in [3.8, 4) is 0 Å². The molecule has 104 valence electrons. The van der Waals surface area contributed by atoms with Gasteiger partial charge in [-0.3, -0.25) is 4.99 Å². The first-order valence-electron chi connectivity index (χ1n) is 6.12. The monoisotopic (exact) mass is 382 g/mol. The molecule has 0 amide bonds. The number of aryl methyl sites for hydroxylation is 1. The number of hydrogen-bond donors (Lipinski definition) is 2. The molecule has 0 fully saturated rings. The molecular weight excluding hydrogens is 359 g/mol. The second-order valence-electron chi connectivity index (χ2n) is 3.89. The van der Waals surface area contributed by atoms with Gasteiger partial charge in [-0.25, -0.2) is 4.98 Å². The van der Waals surface area contributed by atoms with E-state index in [1.165, 1.54) is 22.7 Å². The van der Waals surface area contributed by atoms with Crippen LogP contribution in [-0.2, 0) is 6.42 Å². The lowest BCUT2D eigenvalue weighted by Gasteiger charge is -2.10. The first kappa shape index (κ1) is 17.6. The molecule has 1 rings (SSSR count). The first-order chi connectivity index (χ1) is 8.26. The van der Waals surface area contributed by atoms with Crippen molar-refractivity contribution in [2.75, 3.05) is 20.1 Å². The van der Waals surface area contributed by atoms with Crippen LogP contribution in [0.5, 0.6) is 0 Å². The molecule has 1 aromatic heterocycles. The highest BCUT2D eigenvalue weighted by atomic mass is 127. The molecule has 0 bridgehead atoms. The van der Waals surface area contributed by atoms with Crippen LogP contribution in [0.4, 0.5) is 0 Å². The van der Waals surface area contributed by atoms with Crippen molar-refractivity contribution in [1.82, 2.24) is 15.6 Å². The Balaban J connectivity index is 0.00000289. The Morgan fingerprint density at radius 3 is 2.67 bits per heavy atom. The van der Waals surface area contributed by atoms with Gasteiger partial charge in [-0.2, -0.15) is 0 Å². The van der Waals surface area contributed by atoms with Gasteiger partial charge in [-0.1, -0.05) is 13.3 Å². The van der Waals surface area contributed by atoms with Gasteiger partial charge in [0.25, 0.3) is 0 Å². The van der Waals surface area contributed by atoms with E-state index >= 15 is 0 Å². The largest absolute Gasteiger partial charge is 0.356 e. The molecule has 18 heavy (non-hydrogen) atoms. The van der Waals surface area contributed by atoms with Crippen LogP contribution in [-0.4, -0.2) is 31.1 Å². The molecule has 0 radical (unpaired) electrons. The lowest BCUT2D eigenvalue weighted by molar-refractivity contribution is 0.726. The van der Waals surface area contributed by atoms with E-state index in [0.29, 0.717) is 0 Å². The molecule has 0 aromatic carbocycles. The van der Waals surface area contributed by atoms with Crippen molar-refractivity contribution in [3.05, 3.63) is 16.1 Å². The minimum atomic E-state index is 0. The summed E-state index contributed by atoms with van der Waals surface area (Å²) in [7, 11) is 1.80. The van der Waals surface area contributed by atoms with E-state index in [1.807, 2.05) is 6.20 Å². The molecule has 1 heterocycles. The summed E-state index contributed by atoms with van der Waals surface area (Å²) in [6, 6.07) is 0. The Labute approximate surface area is 131 Å². The van der Waals surface area contributed by atoms with Crippen LogP contribution in [0.3, 0.4) is 0 Å². The lowest BCUT2D eigenvalue weighted by atomic mass is 10.3. The van der Waals surface area contributed by atoms with Gasteiger partial charge in [0.05, 0.1) is 5.01 Å². The molecule has 1 aromatic rings. The van der Waals surface area contributed by atoms with E-state index in [2.05, 4.69) is 34.5 Å². The Bertz CT molecular complexity index is 352. The van der Waals surface area contributed by atoms with Crippen LogP contribution in [0, 0.1) is 6.92 Å². The van der Waals surface area contributed by atoms with Crippen molar-refractivity contribution in [2.24, 2.45) is 4.99 Å². The number of hydrogen-bond acceptors (Lipinski definition) is 3. The zero-order chi connectivity index (χ0) is 12.5. The van der Waals surface area contributed by atoms with E-state index in [0.717, 1.165) is 25.5 Å². The van der Waals surface area contributed by atoms with Gasteiger partial charge in [-0.05, 0) is 13.3 Å². The maximum Gasteiger partial charge on any atom is 0.190 e. The Kier molecular flexibility index (Phi) is 10.3. The summed E-state index contributed by atoms with van der Waals surface area (Å²) in [6.45, 7) is 6.12. The summed E-state index contributed by atoms with van der Waals surface area (Å²) in [6.07, 6.45) is 5.25. The Morgan fingerprint density at radius 2 is 2.11 bits per heavy atom. The van der Waals surface area contributed by atoms with E-state index in [-0.39, 0.29) is 24.0 Å². The second-order valence-corrected chi connectivity index (χ2v) is 5.21. The summed E-state index contributed by atoms with van der Waals surface area (Å²) in [5, 5.41) is 7.75. The fourth-order valence-corrected chi connectivity index (χ4v) is 2.20. The quantitative estimate of drug-likeness (QED) is 0.344. The van der Waals surface area contributed by atoms with Crippen molar-refractivity contribution < 1.29 is 0 Å². The summed E-state index contributed by atoms with van der Waals surface area (Å²) in [5.41, 5.74) is 0. The number of guanidine groups is 1. The molecule has 0 unspecified atom stereocenters. The van der Waals surface area contributed by atoms with E-state index < -0.39 is 0 Å².